The first-order valence-electron chi connectivity index (χ1n) is 6.92. The van der Waals surface area contributed by atoms with E-state index in [2.05, 4.69) is 5.32 Å². The minimum atomic E-state index is -0.353. The van der Waals surface area contributed by atoms with Crippen molar-refractivity contribution in [2.75, 3.05) is 13.7 Å². The number of hydrogen-bond acceptors (Lipinski definition) is 3. The van der Waals surface area contributed by atoms with Crippen LogP contribution < -0.4 is 5.32 Å². The third-order valence-corrected chi connectivity index (χ3v) is 3.35. The normalized spacial score (nSPS) is 11.9. The fourth-order valence-corrected chi connectivity index (χ4v) is 2.12. The number of methoxy groups -OCH3 is 1. The second-order valence-electron chi connectivity index (χ2n) is 4.89. The van der Waals surface area contributed by atoms with Gasteiger partial charge >= 0.3 is 0 Å². The average Bonchev–Trinajstić information content (AvgIpc) is 2.52. The van der Waals surface area contributed by atoms with Gasteiger partial charge < -0.3 is 15.2 Å². The number of rotatable bonds is 6. The Morgan fingerprint density at radius 3 is 2.55 bits per heavy atom. The lowest BCUT2D eigenvalue weighted by atomic mass is 10.1. The number of phenols is 1. The van der Waals surface area contributed by atoms with E-state index >= 15 is 0 Å². The van der Waals surface area contributed by atoms with Crippen LogP contribution in [0.5, 0.6) is 5.75 Å². The van der Waals surface area contributed by atoms with Gasteiger partial charge in [0.15, 0.2) is 0 Å². The molecule has 0 radical (unpaired) electrons. The summed E-state index contributed by atoms with van der Waals surface area (Å²) in [6.45, 7) is 0.272. The molecule has 2 N–H and O–H groups in total. The van der Waals surface area contributed by atoms with Gasteiger partial charge in [0, 0.05) is 19.2 Å². The predicted octanol–water partition coefficient (Wildman–Crippen LogP) is 2.58. The number of para-hydroxylation sites is 1. The first-order chi connectivity index (χ1) is 10.6. The molecule has 0 aliphatic heterocycles. The molecule has 0 saturated heterocycles. The molecular weight excluding hydrogens is 285 g/mol. The molecule has 0 unspecified atom stereocenters. The van der Waals surface area contributed by atoms with Gasteiger partial charge in [-0.25, -0.2) is 4.39 Å². The molecule has 1 amide bonds. The fourth-order valence-electron chi connectivity index (χ4n) is 2.12. The zero-order valence-electron chi connectivity index (χ0n) is 12.3. The Morgan fingerprint density at radius 2 is 1.91 bits per heavy atom. The van der Waals surface area contributed by atoms with Crippen molar-refractivity contribution in [3.05, 3.63) is 65.5 Å². The van der Waals surface area contributed by atoms with Crippen LogP contribution in [0.4, 0.5) is 4.39 Å². The fraction of sp³-hybridized carbons (Fsp3) is 0.235. The molecule has 22 heavy (non-hydrogen) atoms. The van der Waals surface area contributed by atoms with Crippen LogP contribution in [-0.4, -0.2) is 24.7 Å². The van der Waals surface area contributed by atoms with E-state index in [4.69, 9.17) is 4.74 Å². The summed E-state index contributed by atoms with van der Waals surface area (Å²) in [7, 11) is 1.53. The summed E-state index contributed by atoms with van der Waals surface area (Å²) in [4.78, 5) is 11.9. The minimum Gasteiger partial charge on any atom is -0.508 e. The van der Waals surface area contributed by atoms with E-state index in [9.17, 15) is 14.3 Å². The molecule has 0 heterocycles. The van der Waals surface area contributed by atoms with Crippen LogP contribution in [0.15, 0.2) is 48.5 Å². The van der Waals surface area contributed by atoms with Gasteiger partial charge in [0.25, 0.3) is 0 Å². The molecule has 0 fully saturated rings. The molecule has 0 saturated carbocycles. The molecule has 116 valence electrons. The Morgan fingerprint density at radius 1 is 1.23 bits per heavy atom. The Kier molecular flexibility index (Phi) is 5.49. The lowest BCUT2D eigenvalue weighted by molar-refractivity contribution is -0.121. The maximum absolute atomic E-state index is 12.9. The van der Waals surface area contributed by atoms with Gasteiger partial charge in [-0.1, -0.05) is 30.3 Å². The number of aromatic hydroxyl groups is 1. The molecule has 0 aliphatic rings. The molecule has 2 rings (SSSR count). The zero-order valence-corrected chi connectivity index (χ0v) is 12.3. The van der Waals surface area contributed by atoms with Crippen molar-refractivity contribution in [3.8, 4) is 5.75 Å². The van der Waals surface area contributed by atoms with Crippen molar-refractivity contribution in [1.29, 1.82) is 0 Å². The van der Waals surface area contributed by atoms with E-state index in [0.717, 1.165) is 5.56 Å². The third-order valence-electron chi connectivity index (χ3n) is 3.35. The second kappa shape index (κ2) is 7.56. The predicted molar refractivity (Wildman–Crippen MR) is 81.0 cm³/mol. The summed E-state index contributed by atoms with van der Waals surface area (Å²) >= 11 is 0. The van der Waals surface area contributed by atoms with Crippen molar-refractivity contribution < 1.29 is 19.0 Å². The van der Waals surface area contributed by atoms with E-state index in [1.807, 2.05) is 0 Å². The van der Waals surface area contributed by atoms with E-state index in [0.29, 0.717) is 5.56 Å². The van der Waals surface area contributed by atoms with E-state index in [1.54, 1.807) is 36.4 Å². The van der Waals surface area contributed by atoms with Gasteiger partial charge in [-0.2, -0.15) is 0 Å². The Balaban J connectivity index is 1.91. The highest BCUT2D eigenvalue weighted by atomic mass is 19.1. The topological polar surface area (TPSA) is 58.6 Å². The van der Waals surface area contributed by atoms with Crippen LogP contribution in [0.25, 0.3) is 0 Å². The largest absolute Gasteiger partial charge is 0.508 e. The van der Waals surface area contributed by atoms with Crippen LogP contribution >= 0.6 is 0 Å². The number of benzene rings is 2. The summed E-state index contributed by atoms with van der Waals surface area (Å²) in [5.74, 6) is -0.438. The summed E-state index contributed by atoms with van der Waals surface area (Å²) < 4.78 is 18.2. The molecule has 1 atom stereocenters. The Bertz CT molecular complexity index is 628. The smallest absolute Gasteiger partial charge is 0.224 e. The monoisotopic (exact) mass is 303 g/mol. The lowest BCUT2D eigenvalue weighted by Gasteiger charge is -2.16. The van der Waals surface area contributed by atoms with Crippen molar-refractivity contribution in [3.63, 3.8) is 0 Å². The molecule has 2 aromatic carbocycles. The van der Waals surface area contributed by atoms with Crippen LogP contribution in [0.3, 0.4) is 0 Å². The number of halogens is 1. The van der Waals surface area contributed by atoms with E-state index in [1.165, 1.54) is 19.2 Å². The maximum Gasteiger partial charge on any atom is 0.224 e. The quantitative estimate of drug-likeness (QED) is 0.862. The van der Waals surface area contributed by atoms with Crippen molar-refractivity contribution in [2.45, 2.75) is 12.5 Å². The number of nitrogens with one attached hydrogen (secondary N) is 1. The average molecular weight is 303 g/mol. The van der Waals surface area contributed by atoms with Crippen LogP contribution in [0.1, 0.15) is 17.2 Å². The number of hydrogen-bond donors (Lipinski definition) is 2. The standard InChI is InChI=1S/C17H18FNO3/c1-22-16(12-6-8-14(18)9-7-12)11-19-17(21)10-13-4-2-3-5-15(13)20/h2-9,16,20H,10-11H2,1H3,(H,19,21)/t16-/m0/s1. The second-order valence-corrected chi connectivity index (χ2v) is 4.89. The number of carbonyl (C=O) groups is 1. The molecule has 0 aliphatic carbocycles. The highest BCUT2D eigenvalue weighted by Crippen LogP contribution is 2.17. The van der Waals surface area contributed by atoms with Crippen LogP contribution in [0.2, 0.25) is 0 Å². The first kappa shape index (κ1) is 16.0. The molecule has 0 aromatic heterocycles. The highest BCUT2D eigenvalue weighted by molar-refractivity contribution is 5.79. The van der Waals surface area contributed by atoms with Gasteiger partial charge in [-0.15, -0.1) is 0 Å². The molecule has 4 nitrogen and oxygen atoms in total. The summed E-state index contributed by atoms with van der Waals surface area (Å²) in [6, 6.07) is 12.7. The van der Waals surface area contributed by atoms with Crippen molar-refractivity contribution >= 4 is 5.91 Å². The number of phenolic OH excluding ortho intramolecular Hbond substituents is 1. The van der Waals surface area contributed by atoms with Gasteiger partial charge in [-0.3, -0.25) is 4.79 Å². The number of amides is 1. The van der Waals surface area contributed by atoms with Crippen molar-refractivity contribution in [1.82, 2.24) is 5.32 Å². The van der Waals surface area contributed by atoms with Gasteiger partial charge in [0.2, 0.25) is 5.91 Å². The molecular formula is C17H18FNO3. The summed E-state index contributed by atoms with van der Waals surface area (Å²) in [5, 5.41) is 12.4. The molecule has 0 bridgehead atoms. The molecule has 2 aromatic rings. The zero-order chi connectivity index (χ0) is 15.9. The molecule has 0 spiro atoms. The van der Waals surface area contributed by atoms with E-state index < -0.39 is 0 Å². The maximum atomic E-state index is 12.9. The van der Waals surface area contributed by atoms with Gasteiger partial charge in [0.1, 0.15) is 11.6 Å². The number of ether oxygens (including phenoxy) is 1. The summed E-state index contributed by atoms with van der Waals surface area (Å²) in [5.41, 5.74) is 1.35. The summed E-state index contributed by atoms with van der Waals surface area (Å²) in [6.07, 6.45) is -0.263. The van der Waals surface area contributed by atoms with E-state index in [-0.39, 0.29) is 36.5 Å². The first-order valence-corrected chi connectivity index (χ1v) is 6.92. The van der Waals surface area contributed by atoms with Crippen LogP contribution in [-0.2, 0) is 16.0 Å². The van der Waals surface area contributed by atoms with Crippen molar-refractivity contribution in [2.24, 2.45) is 0 Å². The van der Waals surface area contributed by atoms with Crippen LogP contribution in [0, 0.1) is 5.82 Å². The Hall–Kier alpha value is -2.40. The highest BCUT2D eigenvalue weighted by Gasteiger charge is 2.13. The van der Waals surface area contributed by atoms with Gasteiger partial charge in [0.05, 0.1) is 12.5 Å². The Labute approximate surface area is 128 Å². The SMILES string of the molecule is CO[C@@H](CNC(=O)Cc1ccccc1O)c1ccc(F)cc1. The lowest BCUT2D eigenvalue weighted by Crippen LogP contribution is -2.30. The molecule has 5 heteroatoms. The number of carbonyl (C=O) groups excluding carboxylic acids is 1. The van der Waals surface area contributed by atoms with Gasteiger partial charge in [-0.05, 0) is 23.8 Å². The minimum absolute atomic E-state index is 0.0898. The third kappa shape index (κ3) is 4.30.